The number of likely N-dealkylation sites (tertiary alicyclic amines) is 1. The highest BCUT2D eigenvalue weighted by Gasteiger charge is 2.55. The molecule has 1 saturated carbocycles. The maximum Gasteiger partial charge on any atom is 0.243 e. The summed E-state index contributed by atoms with van der Waals surface area (Å²) < 4.78 is 4.99. The first-order valence-corrected chi connectivity index (χ1v) is 13.3. The Labute approximate surface area is 231 Å². The zero-order valence-electron chi connectivity index (χ0n) is 21.6. The number of nitrogens with zero attached hydrogens (tertiary/aromatic N) is 2. The summed E-state index contributed by atoms with van der Waals surface area (Å²) in [5.41, 5.74) is 2.20. The van der Waals surface area contributed by atoms with Crippen molar-refractivity contribution < 1.29 is 19.1 Å². The van der Waals surface area contributed by atoms with Crippen molar-refractivity contribution in [2.24, 2.45) is 5.92 Å². The Kier molecular flexibility index (Phi) is 8.32. The number of halogens is 2. The first-order valence-electron chi connectivity index (χ1n) is 12.6. The van der Waals surface area contributed by atoms with Gasteiger partial charge in [0.05, 0.1) is 12.2 Å². The van der Waals surface area contributed by atoms with Crippen molar-refractivity contribution >= 4 is 52.2 Å². The molecule has 2 amide bonds. The van der Waals surface area contributed by atoms with Crippen LogP contribution in [0.5, 0.6) is 5.75 Å². The molecule has 2 heterocycles. The molecule has 4 rings (SSSR count). The molecular weight excluding hydrogens is 531 g/mol. The summed E-state index contributed by atoms with van der Waals surface area (Å²) in [4.78, 5) is 39.6. The number of rotatable bonds is 11. The van der Waals surface area contributed by atoms with Crippen molar-refractivity contribution in [3.05, 3.63) is 41.2 Å². The van der Waals surface area contributed by atoms with Crippen LogP contribution in [0.3, 0.4) is 0 Å². The third kappa shape index (κ3) is 6.47. The molecule has 12 heteroatoms. The summed E-state index contributed by atoms with van der Waals surface area (Å²) in [5.74, 6) is -0.430. The zero-order valence-corrected chi connectivity index (χ0v) is 23.1. The number of aromatic amines is 1. The van der Waals surface area contributed by atoms with E-state index < -0.39 is 16.2 Å². The van der Waals surface area contributed by atoms with Gasteiger partial charge in [-0.3, -0.25) is 24.9 Å². The Balaban J connectivity index is 1.39. The van der Waals surface area contributed by atoms with Gasteiger partial charge in [0.1, 0.15) is 28.4 Å². The number of benzene rings is 1. The van der Waals surface area contributed by atoms with Crippen LogP contribution in [0.15, 0.2) is 24.3 Å². The molecule has 38 heavy (non-hydrogen) atoms. The SMILES string of the molecule is CC(=O)C(=N)c1cc(OCc2cc(C)[nH]n2)ccc1NCC(=O)N1CCC[C@H]1C(=O)N[C@H](C)[C@H]1CC1(Cl)Cl. The van der Waals surface area contributed by atoms with Crippen LogP contribution in [-0.2, 0) is 21.0 Å². The van der Waals surface area contributed by atoms with Crippen LogP contribution >= 0.6 is 23.2 Å². The number of ketones is 1. The van der Waals surface area contributed by atoms with Crippen molar-refractivity contribution in [1.82, 2.24) is 20.4 Å². The van der Waals surface area contributed by atoms with Crippen molar-refractivity contribution in [2.75, 3.05) is 18.4 Å². The molecule has 2 fully saturated rings. The van der Waals surface area contributed by atoms with E-state index in [0.717, 1.165) is 17.8 Å². The smallest absolute Gasteiger partial charge is 0.243 e. The monoisotopic (exact) mass is 562 g/mol. The maximum absolute atomic E-state index is 13.1. The first-order chi connectivity index (χ1) is 18.0. The van der Waals surface area contributed by atoms with Crippen LogP contribution in [-0.4, -0.2) is 67.9 Å². The minimum absolute atomic E-state index is 0.00706. The highest BCUT2D eigenvalue weighted by molar-refractivity contribution is 6.51. The van der Waals surface area contributed by atoms with Gasteiger partial charge in [-0.1, -0.05) is 0 Å². The van der Waals surface area contributed by atoms with E-state index in [-0.39, 0.29) is 42.6 Å². The van der Waals surface area contributed by atoms with Gasteiger partial charge in [0.25, 0.3) is 0 Å². The van der Waals surface area contributed by atoms with Crippen LogP contribution in [0.2, 0.25) is 0 Å². The Morgan fingerprint density at radius 1 is 1.32 bits per heavy atom. The normalized spacial score (nSPS) is 20.5. The predicted molar refractivity (Wildman–Crippen MR) is 145 cm³/mol. The molecule has 3 atom stereocenters. The minimum Gasteiger partial charge on any atom is -0.487 e. The molecule has 0 bridgehead atoms. The maximum atomic E-state index is 13.1. The number of hydrogen-bond acceptors (Lipinski definition) is 7. The number of aromatic nitrogens is 2. The van der Waals surface area contributed by atoms with Gasteiger partial charge >= 0.3 is 0 Å². The molecule has 4 N–H and O–H groups in total. The second-order valence-electron chi connectivity index (χ2n) is 9.94. The summed E-state index contributed by atoms with van der Waals surface area (Å²) in [5, 5.41) is 21.2. The number of hydrogen-bond donors (Lipinski definition) is 4. The van der Waals surface area contributed by atoms with Crippen LogP contribution in [0, 0.1) is 18.3 Å². The van der Waals surface area contributed by atoms with Gasteiger partial charge in [-0.25, -0.2) is 0 Å². The molecule has 2 aliphatic rings. The Bertz CT molecular complexity index is 1250. The quantitative estimate of drug-likeness (QED) is 0.244. The number of Topliss-reactive ketones (excluding diaryl/α,β-unsaturated/α-hetero) is 1. The van der Waals surface area contributed by atoms with Crippen molar-refractivity contribution in [2.45, 2.75) is 63.1 Å². The molecule has 204 valence electrons. The molecule has 10 nitrogen and oxygen atoms in total. The van der Waals surface area contributed by atoms with Gasteiger partial charge in [0, 0.05) is 42.4 Å². The van der Waals surface area contributed by atoms with Gasteiger partial charge in [-0.05, 0) is 57.4 Å². The highest BCUT2D eigenvalue weighted by Crippen LogP contribution is 2.54. The minimum atomic E-state index is -0.800. The van der Waals surface area contributed by atoms with E-state index in [1.165, 1.54) is 6.92 Å². The fraction of sp³-hybridized carbons (Fsp3) is 0.500. The third-order valence-corrected chi connectivity index (χ3v) is 7.78. The molecule has 1 saturated heterocycles. The second kappa shape index (κ2) is 11.3. The van der Waals surface area contributed by atoms with E-state index in [0.29, 0.717) is 36.4 Å². The molecule has 1 aliphatic heterocycles. The van der Waals surface area contributed by atoms with Gasteiger partial charge in [-0.2, -0.15) is 5.10 Å². The Morgan fingerprint density at radius 2 is 2.05 bits per heavy atom. The number of carbonyl (C=O) groups is 3. The molecule has 1 aromatic carbocycles. The lowest BCUT2D eigenvalue weighted by molar-refractivity contribution is -0.137. The highest BCUT2D eigenvalue weighted by atomic mass is 35.5. The number of H-pyrrole nitrogens is 1. The van der Waals surface area contributed by atoms with E-state index in [1.54, 1.807) is 23.1 Å². The molecule has 0 unspecified atom stereocenters. The summed E-state index contributed by atoms with van der Waals surface area (Å²) >= 11 is 12.3. The number of nitrogens with one attached hydrogen (secondary N) is 4. The molecule has 2 aromatic rings. The molecule has 0 radical (unpaired) electrons. The van der Waals surface area contributed by atoms with Gasteiger partial charge < -0.3 is 20.3 Å². The van der Waals surface area contributed by atoms with E-state index in [1.807, 2.05) is 19.9 Å². The van der Waals surface area contributed by atoms with Crippen molar-refractivity contribution in [3.8, 4) is 5.75 Å². The molecule has 1 aliphatic carbocycles. The topological polar surface area (TPSA) is 140 Å². The lowest BCUT2D eigenvalue weighted by atomic mass is 10.0. The van der Waals surface area contributed by atoms with Gasteiger partial charge in [0.15, 0.2) is 5.78 Å². The second-order valence-corrected chi connectivity index (χ2v) is 11.5. The van der Waals surface area contributed by atoms with E-state index in [9.17, 15) is 14.4 Å². The lowest BCUT2D eigenvalue weighted by Gasteiger charge is -2.26. The first kappa shape index (κ1) is 27.9. The zero-order chi connectivity index (χ0) is 27.6. The number of carbonyl (C=O) groups excluding carboxylic acids is 3. The van der Waals surface area contributed by atoms with E-state index in [2.05, 4.69) is 20.8 Å². The fourth-order valence-electron chi connectivity index (χ4n) is 4.68. The summed E-state index contributed by atoms with van der Waals surface area (Å²) in [6.07, 6.45) is 1.92. The number of ether oxygens (including phenoxy) is 1. The van der Waals surface area contributed by atoms with Crippen molar-refractivity contribution in [1.29, 1.82) is 5.41 Å². The number of aryl methyl sites for hydroxylation is 1. The number of alkyl halides is 2. The van der Waals surface area contributed by atoms with Crippen LogP contribution in [0.4, 0.5) is 5.69 Å². The van der Waals surface area contributed by atoms with Gasteiger partial charge in [-0.15, -0.1) is 23.2 Å². The Morgan fingerprint density at radius 3 is 2.68 bits per heavy atom. The lowest BCUT2D eigenvalue weighted by Crippen LogP contribution is -2.50. The number of anilines is 1. The summed E-state index contributed by atoms with van der Waals surface area (Å²) in [6, 6.07) is 6.06. The predicted octanol–water partition coefficient (Wildman–Crippen LogP) is 3.36. The molecule has 0 spiro atoms. The van der Waals surface area contributed by atoms with Crippen molar-refractivity contribution in [3.63, 3.8) is 0 Å². The molecular formula is C26H32Cl2N6O4. The largest absolute Gasteiger partial charge is 0.487 e. The summed E-state index contributed by atoms with van der Waals surface area (Å²) in [7, 11) is 0. The average Bonchev–Trinajstić information content (AvgIpc) is 3.22. The van der Waals surface area contributed by atoms with Crippen LogP contribution < -0.4 is 15.4 Å². The van der Waals surface area contributed by atoms with Gasteiger partial charge in [0.2, 0.25) is 11.8 Å². The van der Waals surface area contributed by atoms with E-state index in [4.69, 9.17) is 33.3 Å². The molecule has 1 aromatic heterocycles. The van der Waals surface area contributed by atoms with Crippen LogP contribution in [0.1, 0.15) is 50.1 Å². The third-order valence-electron chi connectivity index (χ3n) is 6.91. The summed E-state index contributed by atoms with van der Waals surface area (Å²) in [6.45, 7) is 5.66. The van der Waals surface area contributed by atoms with E-state index >= 15 is 0 Å². The van der Waals surface area contributed by atoms with Crippen LogP contribution in [0.25, 0.3) is 0 Å². The Hall–Kier alpha value is -3.11. The average molecular weight is 563 g/mol. The number of amides is 2. The fourth-order valence-corrected chi connectivity index (χ4v) is 5.39. The standard InChI is InChI=1S/C26H32Cl2N6O4/c1-14-9-17(33-32-14)13-38-18-6-7-21(19(10-18)24(29)16(3)35)30-12-23(36)34-8-4-5-22(34)25(37)31-15(2)20-11-26(20,27)28/h6-7,9-10,15,20,22,29-30H,4-5,8,11-13H2,1-3H3,(H,31,37)(H,32,33)/t15-,20-,22+/m1/s1.